The Balaban J connectivity index is 2.09. The van der Waals surface area contributed by atoms with Crippen LogP contribution in [0, 0.1) is 0 Å². The van der Waals surface area contributed by atoms with Crippen molar-refractivity contribution in [3.8, 4) is 5.75 Å². The smallest absolute Gasteiger partial charge is 0.303 e. The minimum absolute atomic E-state index is 0.113. The predicted molar refractivity (Wildman–Crippen MR) is 91.1 cm³/mol. The van der Waals surface area contributed by atoms with Crippen LogP contribution in [0.1, 0.15) is 75.1 Å². The number of ether oxygens (including phenoxy) is 1. The number of carboxylic acid groups (broad SMARTS) is 1. The van der Waals surface area contributed by atoms with Crippen molar-refractivity contribution in [1.29, 1.82) is 0 Å². The molecule has 1 aromatic carbocycles. The number of carbonyl (C=O) groups excluding carboxylic acids is 1. The Morgan fingerprint density at radius 1 is 0.957 bits per heavy atom. The van der Waals surface area contributed by atoms with Crippen molar-refractivity contribution < 1.29 is 19.4 Å². The van der Waals surface area contributed by atoms with E-state index in [1.165, 1.54) is 0 Å². The highest BCUT2D eigenvalue weighted by Crippen LogP contribution is 2.20. The van der Waals surface area contributed by atoms with Crippen LogP contribution < -0.4 is 4.74 Å². The zero-order valence-electron chi connectivity index (χ0n) is 14.1. The highest BCUT2D eigenvalue weighted by atomic mass is 16.5. The average Bonchev–Trinajstić information content (AvgIpc) is 2.56. The molecule has 0 saturated carbocycles. The third-order valence-corrected chi connectivity index (χ3v) is 3.80. The van der Waals surface area contributed by atoms with Gasteiger partial charge in [-0.2, -0.15) is 0 Å². The summed E-state index contributed by atoms with van der Waals surface area (Å²) in [6.45, 7) is 2.49. The van der Waals surface area contributed by atoms with Crippen molar-refractivity contribution in [2.45, 2.75) is 64.7 Å². The lowest BCUT2D eigenvalue weighted by atomic mass is 10.1. The molecule has 0 radical (unpaired) electrons. The second-order valence-electron chi connectivity index (χ2n) is 5.74. The number of carbonyl (C=O) groups is 2. The van der Waals surface area contributed by atoms with Crippen LogP contribution in [0.3, 0.4) is 0 Å². The Morgan fingerprint density at radius 3 is 2.22 bits per heavy atom. The second kappa shape index (κ2) is 11.7. The minimum Gasteiger partial charge on any atom is -0.493 e. The minimum atomic E-state index is -0.705. The summed E-state index contributed by atoms with van der Waals surface area (Å²) in [5, 5.41) is 8.54. The maximum Gasteiger partial charge on any atom is 0.303 e. The second-order valence-corrected chi connectivity index (χ2v) is 5.74. The lowest BCUT2D eigenvalue weighted by Gasteiger charge is -2.10. The molecule has 0 fully saturated rings. The van der Waals surface area contributed by atoms with Crippen LogP contribution in [0.4, 0.5) is 0 Å². The van der Waals surface area contributed by atoms with Gasteiger partial charge in [0.25, 0.3) is 0 Å². The van der Waals surface area contributed by atoms with Gasteiger partial charge in [0.1, 0.15) is 5.75 Å². The van der Waals surface area contributed by atoms with E-state index in [9.17, 15) is 9.59 Å². The lowest BCUT2D eigenvalue weighted by Crippen LogP contribution is -2.04. The molecule has 23 heavy (non-hydrogen) atoms. The van der Waals surface area contributed by atoms with Crippen LogP contribution in [-0.2, 0) is 4.79 Å². The molecule has 1 rings (SSSR count). The average molecular weight is 320 g/mol. The van der Waals surface area contributed by atoms with E-state index in [0.717, 1.165) is 44.9 Å². The first kappa shape index (κ1) is 19.2. The largest absolute Gasteiger partial charge is 0.493 e. The van der Waals surface area contributed by atoms with Gasteiger partial charge >= 0.3 is 5.97 Å². The molecule has 128 valence electrons. The molecular formula is C19H28O4. The number of hydrogen-bond donors (Lipinski definition) is 1. The number of para-hydroxylation sites is 1. The molecule has 0 unspecified atom stereocenters. The van der Waals surface area contributed by atoms with Crippen LogP contribution in [0.25, 0.3) is 0 Å². The molecule has 0 aromatic heterocycles. The van der Waals surface area contributed by atoms with Crippen molar-refractivity contribution in [2.75, 3.05) is 6.61 Å². The molecule has 0 aliphatic heterocycles. The number of hydrogen-bond acceptors (Lipinski definition) is 3. The highest BCUT2D eigenvalue weighted by molar-refractivity contribution is 5.98. The van der Waals surface area contributed by atoms with Gasteiger partial charge in [0.05, 0.1) is 12.2 Å². The molecule has 4 heteroatoms. The van der Waals surface area contributed by atoms with Gasteiger partial charge in [-0.05, 0) is 25.0 Å². The summed E-state index contributed by atoms with van der Waals surface area (Å²) < 4.78 is 5.75. The molecule has 0 aliphatic carbocycles. The quantitative estimate of drug-likeness (QED) is 0.416. The monoisotopic (exact) mass is 320 g/mol. The number of Topliss-reactive ketones (excluding diaryl/α,β-unsaturated/α-hetero) is 1. The summed E-state index contributed by atoms with van der Waals surface area (Å²) in [5.74, 6) is 0.0963. The fourth-order valence-corrected chi connectivity index (χ4v) is 2.46. The van der Waals surface area contributed by atoms with E-state index < -0.39 is 5.97 Å². The van der Waals surface area contributed by atoms with E-state index in [2.05, 4.69) is 0 Å². The normalized spacial score (nSPS) is 10.5. The van der Waals surface area contributed by atoms with Crippen LogP contribution in [0.15, 0.2) is 24.3 Å². The summed E-state index contributed by atoms with van der Waals surface area (Å²) in [5.41, 5.74) is 0.674. The molecule has 0 atom stereocenters. The van der Waals surface area contributed by atoms with Gasteiger partial charge in [0.2, 0.25) is 0 Å². The molecule has 0 bridgehead atoms. The number of ketones is 1. The third kappa shape index (κ3) is 8.38. The fourth-order valence-electron chi connectivity index (χ4n) is 2.46. The first-order valence-corrected chi connectivity index (χ1v) is 8.62. The molecule has 0 heterocycles. The van der Waals surface area contributed by atoms with Crippen molar-refractivity contribution in [1.82, 2.24) is 0 Å². The Morgan fingerprint density at radius 2 is 1.57 bits per heavy atom. The van der Waals surface area contributed by atoms with Gasteiger partial charge < -0.3 is 9.84 Å². The maximum absolute atomic E-state index is 11.8. The Labute approximate surface area is 138 Å². The number of unbranched alkanes of at least 4 members (excludes halogenated alkanes) is 6. The van der Waals surface area contributed by atoms with Gasteiger partial charge in [0, 0.05) is 12.8 Å². The molecule has 1 aromatic rings. The van der Waals surface area contributed by atoms with E-state index in [1.54, 1.807) is 0 Å². The molecule has 0 spiro atoms. The Hall–Kier alpha value is -1.84. The standard InChI is InChI=1S/C19H28O4/c1-2-17(20)16-12-9-10-13-18(16)23-15-11-7-5-3-4-6-8-14-19(21)22/h9-10,12-13H,2-8,11,14-15H2,1H3,(H,21,22). The topological polar surface area (TPSA) is 63.6 Å². The third-order valence-electron chi connectivity index (χ3n) is 3.80. The first-order valence-electron chi connectivity index (χ1n) is 8.62. The SMILES string of the molecule is CCC(=O)c1ccccc1OCCCCCCCCCC(=O)O. The molecular weight excluding hydrogens is 292 g/mol. The van der Waals surface area contributed by atoms with E-state index in [4.69, 9.17) is 9.84 Å². The molecule has 0 aliphatic rings. The number of benzene rings is 1. The molecule has 4 nitrogen and oxygen atoms in total. The van der Waals surface area contributed by atoms with Gasteiger partial charge in [-0.1, -0.05) is 51.2 Å². The lowest BCUT2D eigenvalue weighted by molar-refractivity contribution is -0.137. The zero-order chi connectivity index (χ0) is 16.9. The number of carboxylic acids is 1. The van der Waals surface area contributed by atoms with Gasteiger partial charge in [0.15, 0.2) is 5.78 Å². The van der Waals surface area contributed by atoms with Gasteiger partial charge in [-0.3, -0.25) is 9.59 Å². The van der Waals surface area contributed by atoms with Crippen molar-refractivity contribution >= 4 is 11.8 Å². The van der Waals surface area contributed by atoms with Gasteiger partial charge in [-0.15, -0.1) is 0 Å². The van der Waals surface area contributed by atoms with E-state index in [1.807, 2.05) is 31.2 Å². The summed E-state index contributed by atoms with van der Waals surface area (Å²) in [6, 6.07) is 7.42. The van der Waals surface area contributed by atoms with Crippen molar-refractivity contribution in [3.63, 3.8) is 0 Å². The number of rotatable bonds is 13. The summed E-state index contributed by atoms with van der Waals surface area (Å²) in [6.07, 6.45) is 8.01. The van der Waals surface area contributed by atoms with E-state index in [0.29, 0.717) is 24.3 Å². The zero-order valence-corrected chi connectivity index (χ0v) is 14.1. The molecule has 1 N–H and O–H groups in total. The van der Waals surface area contributed by atoms with Crippen LogP contribution in [0.2, 0.25) is 0 Å². The molecule has 0 saturated heterocycles. The van der Waals surface area contributed by atoms with E-state index in [-0.39, 0.29) is 12.2 Å². The molecule has 0 amide bonds. The maximum atomic E-state index is 11.8. The van der Waals surface area contributed by atoms with Crippen molar-refractivity contribution in [3.05, 3.63) is 29.8 Å². The first-order chi connectivity index (χ1) is 11.1. The van der Waals surface area contributed by atoms with Crippen molar-refractivity contribution in [2.24, 2.45) is 0 Å². The summed E-state index contributed by atoms with van der Waals surface area (Å²) in [7, 11) is 0. The summed E-state index contributed by atoms with van der Waals surface area (Å²) in [4.78, 5) is 22.2. The Bertz CT molecular complexity index is 482. The van der Waals surface area contributed by atoms with Crippen LogP contribution in [-0.4, -0.2) is 23.5 Å². The summed E-state index contributed by atoms with van der Waals surface area (Å²) >= 11 is 0. The highest BCUT2D eigenvalue weighted by Gasteiger charge is 2.09. The van der Waals surface area contributed by atoms with Crippen LogP contribution in [0.5, 0.6) is 5.75 Å². The van der Waals surface area contributed by atoms with Gasteiger partial charge in [-0.25, -0.2) is 0 Å². The predicted octanol–water partition coefficient (Wildman–Crippen LogP) is 4.86. The number of aliphatic carboxylic acids is 1. The fraction of sp³-hybridized carbons (Fsp3) is 0.579. The Kier molecular flexibility index (Phi) is 9.76. The van der Waals surface area contributed by atoms with E-state index >= 15 is 0 Å². The van der Waals surface area contributed by atoms with Crippen LogP contribution >= 0.6 is 0 Å².